The Morgan fingerprint density at radius 2 is 2.08 bits per heavy atom. The summed E-state index contributed by atoms with van der Waals surface area (Å²) in [6, 6.07) is 0.413. The molecule has 13 heavy (non-hydrogen) atoms. The fourth-order valence-corrected chi connectivity index (χ4v) is 2.11. The first kappa shape index (κ1) is 11.0. The maximum absolute atomic E-state index is 11.1. The van der Waals surface area contributed by atoms with Crippen LogP contribution in [0, 0.1) is 11.8 Å². The number of hydrogen-bond donors (Lipinski definition) is 1. The molecule has 3 heteroatoms. The van der Waals surface area contributed by atoms with Crippen LogP contribution in [0.15, 0.2) is 0 Å². The maximum Gasteiger partial charge on any atom is 0.230 e. The number of halogens is 1. The van der Waals surface area contributed by atoms with Gasteiger partial charge in [0.05, 0.1) is 5.33 Å². The Morgan fingerprint density at radius 1 is 1.38 bits per heavy atom. The minimum atomic E-state index is 0.117. The van der Waals surface area contributed by atoms with Gasteiger partial charge in [0.1, 0.15) is 0 Å². The third kappa shape index (κ3) is 3.29. The van der Waals surface area contributed by atoms with Crippen molar-refractivity contribution in [3.63, 3.8) is 0 Å². The van der Waals surface area contributed by atoms with Crippen LogP contribution in [0.1, 0.15) is 33.1 Å². The van der Waals surface area contributed by atoms with Crippen LogP contribution in [0.4, 0.5) is 0 Å². The summed E-state index contributed by atoms with van der Waals surface area (Å²) in [6.45, 7) is 4.57. The van der Waals surface area contributed by atoms with Crippen LogP contribution in [0.25, 0.3) is 0 Å². The quantitative estimate of drug-likeness (QED) is 0.746. The molecule has 0 spiro atoms. The lowest BCUT2D eigenvalue weighted by Crippen LogP contribution is -2.40. The zero-order valence-corrected chi connectivity index (χ0v) is 9.93. The van der Waals surface area contributed by atoms with E-state index in [9.17, 15) is 4.79 Å². The van der Waals surface area contributed by atoms with Crippen molar-refractivity contribution in [2.45, 2.75) is 39.2 Å². The molecule has 1 amide bonds. The van der Waals surface area contributed by atoms with Gasteiger partial charge in [-0.3, -0.25) is 4.79 Å². The first-order valence-electron chi connectivity index (χ1n) is 4.98. The zero-order valence-electron chi connectivity index (χ0n) is 8.35. The van der Waals surface area contributed by atoms with Gasteiger partial charge in [-0.05, 0) is 31.1 Å². The summed E-state index contributed by atoms with van der Waals surface area (Å²) < 4.78 is 0. The zero-order chi connectivity index (χ0) is 9.84. The lowest BCUT2D eigenvalue weighted by molar-refractivity contribution is -0.119. The van der Waals surface area contributed by atoms with E-state index in [4.69, 9.17) is 0 Å². The van der Waals surface area contributed by atoms with E-state index in [0.717, 1.165) is 24.7 Å². The Hall–Kier alpha value is -0.0500. The highest BCUT2D eigenvalue weighted by atomic mass is 79.9. The minimum Gasteiger partial charge on any atom is -0.353 e. The molecule has 0 aromatic rings. The number of alkyl halides is 1. The Morgan fingerprint density at radius 3 is 2.62 bits per heavy atom. The molecule has 0 aliphatic heterocycles. The minimum absolute atomic E-state index is 0.117. The number of carbonyl (C=O) groups is 1. The molecule has 0 aromatic carbocycles. The van der Waals surface area contributed by atoms with Gasteiger partial charge in [0, 0.05) is 6.04 Å². The van der Waals surface area contributed by atoms with Crippen LogP contribution in [-0.2, 0) is 4.79 Å². The van der Waals surface area contributed by atoms with E-state index >= 15 is 0 Å². The summed E-state index contributed by atoms with van der Waals surface area (Å²) in [5.74, 6) is 1.68. The van der Waals surface area contributed by atoms with Crippen molar-refractivity contribution in [1.29, 1.82) is 0 Å². The predicted octanol–water partition coefficient (Wildman–Crippen LogP) is 2.32. The Kier molecular flexibility index (Phi) is 4.23. The monoisotopic (exact) mass is 247 g/mol. The van der Waals surface area contributed by atoms with Crippen molar-refractivity contribution in [3.8, 4) is 0 Å². The van der Waals surface area contributed by atoms with Crippen LogP contribution in [0.3, 0.4) is 0 Å². The summed E-state index contributed by atoms with van der Waals surface area (Å²) >= 11 is 3.16. The van der Waals surface area contributed by atoms with E-state index in [2.05, 4.69) is 35.1 Å². The lowest BCUT2D eigenvalue weighted by Gasteiger charge is -2.32. The second kappa shape index (κ2) is 4.99. The third-order valence-corrected chi connectivity index (χ3v) is 3.59. The normalized spacial score (nSPS) is 34.2. The van der Waals surface area contributed by atoms with E-state index in [1.807, 2.05) is 0 Å². The fourth-order valence-electron chi connectivity index (χ4n) is 1.94. The molecule has 3 atom stereocenters. The smallest absolute Gasteiger partial charge is 0.230 e. The molecule has 0 saturated heterocycles. The second-order valence-corrected chi connectivity index (χ2v) is 4.73. The summed E-state index contributed by atoms with van der Waals surface area (Å²) in [5.41, 5.74) is 0. The Balaban J connectivity index is 2.33. The molecule has 1 saturated carbocycles. The first-order chi connectivity index (χ1) is 6.13. The largest absolute Gasteiger partial charge is 0.353 e. The summed E-state index contributed by atoms with van der Waals surface area (Å²) in [5, 5.41) is 3.46. The van der Waals surface area contributed by atoms with Gasteiger partial charge in [-0.15, -0.1) is 0 Å². The van der Waals surface area contributed by atoms with Crippen molar-refractivity contribution in [2.24, 2.45) is 11.8 Å². The third-order valence-electron chi connectivity index (χ3n) is 3.08. The summed E-state index contributed by atoms with van der Waals surface area (Å²) in [6.07, 6.45) is 3.53. The molecule has 0 heterocycles. The number of nitrogens with one attached hydrogen (secondary N) is 1. The van der Waals surface area contributed by atoms with Crippen molar-refractivity contribution in [2.75, 3.05) is 5.33 Å². The highest BCUT2D eigenvalue weighted by Crippen LogP contribution is 2.29. The van der Waals surface area contributed by atoms with Crippen molar-refractivity contribution in [1.82, 2.24) is 5.32 Å². The van der Waals surface area contributed by atoms with E-state index in [1.165, 1.54) is 6.42 Å². The average Bonchev–Trinajstić information content (AvgIpc) is 2.11. The van der Waals surface area contributed by atoms with E-state index in [-0.39, 0.29) is 5.91 Å². The molecule has 76 valence electrons. The highest BCUT2D eigenvalue weighted by molar-refractivity contribution is 9.09. The van der Waals surface area contributed by atoms with Gasteiger partial charge in [0.2, 0.25) is 5.91 Å². The Bertz CT molecular complexity index is 184. The van der Waals surface area contributed by atoms with Crippen LogP contribution >= 0.6 is 15.9 Å². The number of rotatable bonds is 2. The van der Waals surface area contributed by atoms with E-state index in [0.29, 0.717) is 11.4 Å². The molecule has 0 bridgehead atoms. The van der Waals surface area contributed by atoms with Crippen molar-refractivity contribution >= 4 is 21.8 Å². The molecule has 2 nitrogen and oxygen atoms in total. The second-order valence-electron chi connectivity index (χ2n) is 4.17. The fraction of sp³-hybridized carbons (Fsp3) is 0.900. The molecule has 1 aliphatic carbocycles. The van der Waals surface area contributed by atoms with Crippen molar-refractivity contribution < 1.29 is 4.79 Å². The molecule has 1 rings (SSSR count). The van der Waals surface area contributed by atoms with Gasteiger partial charge >= 0.3 is 0 Å². The molecule has 1 aliphatic rings. The molecular formula is C10H18BrNO. The van der Waals surface area contributed by atoms with Crippen LogP contribution < -0.4 is 5.32 Å². The van der Waals surface area contributed by atoms with Gasteiger partial charge in [-0.1, -0.05) is 29.8 Å². The number of hydrogen-bond acceptors (Lipinski definition) is 1. The molecule has 0 radical (unpaired) electrons. The highest BCUT2D eigenvalue weighted by Gasteiger charge is 2.24. The molecule has 0 aromatic heterocycles. The van der Waals surface area contributed by atoms with Crippen molar-refractivity contribution in [3.05, 3.63) is 0 Å². The van der Waals surface area contributed by atoms with E-state index in [1.54, 1.807) is 0 Å². The number of amides is 1. The van der Waals surface area contributed by atoms with E-state index < -0.39 is 0 Å². The lowest BCUT2D eigenvalue weighted by atomic mass is 9.79. The van der Waals surface area contributed by atoms with Gasteiger partial charge in [-0.2, -0.15) is 0 Å². The number of carbonyl (C=O) groups excluding carboxylic acids is 1. The van der Waals surface area contributed by atoms with Gasteiger partial charge < -0.3 is 5.32 Å². The Labute approximate surface area is 88.6 Å². The molecule has 3 unspecified atom stereocenters. The van der Waals surface area contributed by atoms with Crippen LogP contribution in [0.5, 0.6) is 0 Å². The maximum atomic E-state index is 11.1. The first-order valence-corrected chi connectivity index (χ1v) is 6.11. The molecular weight excluding hydrogens is 230 g/mol. The summed E-state index contributed by atoms with van der Waals surface area (Å²) in [7, 11) is 0. The molecule has 1 N–H and O–H groups in total. The van der Waals surface area contributed by atoms with Crippen LogP contribution in [-0.4, -0.2) is 17.3 Å². The van der Waals surface area contributed by atoms with Crippen LogP contribution in [0.2, 0.25) is 0 Å². The SMILES string of the molecule is CC1CCC(NC(=O)CBr)CC1C. The topological polar surface area (TPSA) is 29.1 Å². The predicted molar refractivity (Wildman–Crippen MR) is 57.9 cm³/mol. The average molecular weight is 248 g/mol. The van der Waals surface area contributed by atoms with Gasteiger partial charge in [0.25, 0.3) is 0 Å². The standard InChI is InChI=1S/C10H18BrNO/c1-7-3-4-9(5-8(7)2)12-10(13)6-11/h7-9H,3-6H2,1-2H3,(H,12,13). The van der Waals surface area contributed by atoms with Gasteiger partial charge in [-0.25, -0.2) is 0 Å². The van der Waals surface area contributed by atoms with Gasteiger partial charge in [0.15, 0.2) is 0 Å². The molecule has 1 fully saturated rings. The summed E-state index contributed by atoms with van der Waals surface area (Å²) in [4.78, 5) is 11.1.